The summed E-state index contributed by atoms with van der Waals surface area (Å²) in [6.07, 6.45) is 3.37. The van der Waals surface area contributed by atoms with Crippen molar-refractivity contribution in [3.05, 3.63) is 65.7 Å². The predicted molar refractivity (Wildman–Crippen MR) is 113 cm³/mol. The summed E-state index contributed by atoms with van der Waals surface area (Å²) in [6, 6.07) is 13.7. The number of carbonyl (C=O) groups excluding carboxylic acids is 2. The van der Waals surface area contributed by atoms with Gasteiger partial charge >= 0.3 is 0 Å². The lowest BCUT2D eigenvalue weighted by Gasteiger charge is -2.17. The van der Waals surface area contributed by atoms with Gasteiger partial charge in [0, 0.05) is 26.1 Å². The minimum Gasteiger partial charge on any atom is -0.352 e. The van der Waals surface area contributed by atoms with Crippen LogP contribution in [0.1, 0.15) is 35.4 Å². The number of likely N-dealkylation sites (tertiary alicyclic amines) is 1. The fourth-order valence-electron chi connectivity index (χ4n) is 3.88. The summed E-state index contributed by atoms with van der Waals surface area (Å²) in [5.41, 5.74) is 1.84. The first-order valence-electron chi connectivity index (χ1n) is 10.4. The second kappa shape index (κ2) is 9.07. The molecule has 0 aliphatic carbocycles. The summed E-state index contributed by atoms with van der Waals surface area (Å²) < 4.78 is 15.7. The molecule has 1 aromatic heterocycles. The molecule has 1 fully saturated rings. The second-order valence-corrected chi connectivity index (χ2v) is 7.53. The van der Waals surface area contributed by atoms with E-state index in [-0.39, 0.29) is 18.0 Å². The molecule has 1 aliphatic heterocycles. The van der Waals surface area contributed by atoms with Gasteiger partial charge in [0.05, 0.1) is 16.6 Å². The quantitative estimate of drug-likeness (QED) is 0.611. The summed E-state index contributed by atoms with van der Waals surface area (Å²) >= 11 is 0. The van der Waals surface area contributed by atoms with Crippen LogP contribution in [0.3, 0.4) is 0 Å². The van der Waals surface area contributed by atoms with Crippen LogP contribution in [0.5, 0.6) is 0 Å². The van der Waals surface area contributed by atoms with Gasteiger partial charge in [-0.2, -0.15) is 0 Å². The van der Waals surface area contributed by atoms with Crippen LogP contribution in [0, 0.1) is 5.82 Å². The highest BCUT2D eigenvalue weighted by atomic mass is 19.1. The van der Waals surface area contributed by atoms with Gasteiger partial charge < -0.3 is 14.8 Å². The molecule has 0 unspecified atom stereocenters. The Morgan fingerprint density at radius 1 is 1.03 bits per heavy atom. The highest BCUT2D eigenvalue weighted by Crippen LogP contribution is 2.18. The molecule has 1 saturated heterocycles. The zero-order valence-electron chi connectivity index (χ0n) is 16.8. The van der Waals surface area contributed by atoms with Crippen LogP contribution < -0.4 is 5.32 Å². The molecule has 4 rings (SSSR count). The fourth-order valence-corrected chi connectivity index (χ4v) is 3.88. The normalized spacial score (nSPS) is 13.7. The molecular formula is C23H25FN4O2. The number of rotatable bonds is 7. The Bertz CT molecular complexity index is 1060. The number of nitrogens with one attached hydrogen (secondary N) is 1. The minimum atomic E-state index is -0.530. The average molecular weight is 408 g/mol. The first-order chi connectivity index (χ1) is 14.6. The number of aromatic nitrogens is 2. The highest BCUT2D eigenvalue weighted by Gasteiger charge is 2.20. The number of nitrogens with zero attached hydrogens (tertiary/aromatic N) is 3. The number of benzene rings is 2. The smallest absolute Gasteiger partial charge is 0.254 e. The van der Waals surface area contributed by atoms with Gasteiger partial charge in [0.1, 0.15) is 18.2 Å². The first kappa shape index (κ1) is 20.1. The number of aryl methyl sites for hydroxylation is 1. The van der Waals surface area contributed by atoms with Crippen LogP contribution in [0.4, 0.5) is 4.39 Å². The molecule has 0 bridgehead atoms. The molecule has 2 aromatic carbocycles. The van der Waals surface area contributed by atoms with Gasteiger partial charge in [-0.3, -0.25) is 9.59 Å². The Labute approximate surface area is 174 Å². The van der Waals surface area contributed by atoms with E-state index in [2.05, 4.69) is 5.32 Å². The van der Waals surface area contributed by atoms with E-state index in [1.807, 2.05) is 33.7 Å². The summed E-state index contributed by atoms with van der Waals surface area (Å²) in [6.45, 7) is 2.32. The molecule has 7 heteroatoms. The lowest BCUT2D eigenvalue weighted by Crippen LogP contribution is -2.31. The van der Waals surface area contributed by atoms with Crippen molar-refractivity contribution < 1.29 is 14.0 Å². The van der Waals surface area contributed by atoms with E-state index in [0.29, 0.717) is 19.4 Å². The zero-order valence-corrected chi connectivity index (χ0v) is 16.8. The number of carbonyl (C=O) groups is 2. The number of amides is 2. The Kier molecular flexibility index (Phi) is 6.07. The number of hydrogen-bond donors (Lipinski definition) is 1. The maximum absolute atomic E-state index is 13.7. The molecule has 30 heavy (non-hydrogen) atoms. The molecule has 0 saturated carbocycles. The molecule has 1 aliphatic rings. The van der Waals surface area contributed by atoms with Gasteiger partial charge in [0.2, 0.25) is 5.91 Å². The van der Waals surface area contributed by atoms with E-state index in [0.717, 1.165) is 42.8 Å². The van der Waals surface area contributed by atoms with Crippen LogP contribution in [0.15, 0.2) is 48.5 Å². The molecular weight excluding hydrogens is 383 g/mol. The van der Waals surface area contributed by atoms with E-state index in [4.69, 9.17) is 4.98 Å². The summed E-state index contributed by atoms with van der Waals surface area (Å²) in [5, 5.41) is 2.76. The maximum atomic E-state index is 13.7. The van der Waals surface area contributed by atoms with Gasteiger partial charge in [-0.1, -0.05) is 24.3 Å². The molecule has 2 amide bonds. The highest BCUT2D eigenvalue weighted by molar-refractivity contribution is 5.94. The topological polar surface area (TPSA) is 67.2 Å². The van der Waals surface area contributed by atoms with Gasteiger partial charge in [-0.05, 0) is 43.5 Å². The molecule has 6 nitrogen and oxygen atoms in total. The van der Waals surface area contributed by atoms with Gasteiger partial charge in [0.15, 0.2) is 0 Å². The summed E-state index contributed by atoms with van der Waals surface area (Å²) in [7, 11) is 0. The number of imidazole rings is 1. The van der Waals surface area contributed by atoms with E-state index >= 15 is 0 Å². The molecule has 0 atom stereocenters. The van der Waals surface area contributed by atoms with Crippen LogP contribution >= 0.6 is 0 Å². The Morgan fingerprint density at radius 2 is 1.77 bits per heavy atom. The lowest BCUT2D eigenvalue weighted by atomic mass is 10.2. The van der Waals surface area contributed by atoms with E-state index in [1.54, 1.807) is 12.1 Å². The van der Waals surface area contributed by atoms with E-state index < -0.39 is 11.7 Å². The van der Waals surface area contributed by atoms with E-state index in [1.165, 1.54) is 12.1 Å². The van der Waals surface area contributed by atoms with Crippen molar-refractivity contribution in [2.24, 2.45) is 0 Å². The zero-order chi connectivity index (χ0) is 20.9. The summed E-state index contributed by atoms with van der Waals surface area (Å²) in [5.74, 6) is -0.0170. The molecule has 2 heterocycles. The van der Waals surface area contributed by atoms with Crippen molar-refractivity contribution >= 4 is 22.8 Å². The van der Waals surface area contributed by atoms with Crippen molar-refractivity contribution in [1.29, 1.82) is 0 Å². The van der Waals surface area contributed by atoms with Crippen LogP contribution in [0.25, 0.3) is 11.0 Å². The van der Waals surface area contributed by atoms with Crippen molar-refractivity contribution in [2.75, 3.05) is 19.6 Å². The molecule has 156 valence electrons. The first-order valence-corrected chi connectivity index (χ1v) is 10.4. The van der Waals surface area contributed by atoms with Crippen LogP contribution in [-0.2, 0) is 17.8 Å². The second-order valence-electron chi connectivity index (χ2n) is 7.53. The third-order valence-corrected chi connectivity index (χ3v) is 5.47. The number of halogens is 1. The average Bonchev–Trinajstić information content (AvgIpc) is 3.40. The third-order valence-electron chi connectivity index (χ3n) is 5.47. The Balaban J connectivity index is 1.41. The SMILES string of the molecule is O=C(NCCCc1nc2ccccc2n1CC(=O)N1CCCC1)c1ccccc1F. The molecule has 0 spiro atoms. The Morgan fingerprint density at radius 3 is 2.57 bits per heavy atom. The minimum absolute atomic E-state index is 0.0425. The largest absolute Gasteiger partial charge is 0.352 e. The lowest BCUT2D eigenvalue weighted by molar-refractivity contribution is -0.130. The maximum Gasteiger partial charge on any atom is 0.254 e. The number of fused-ring (bicyclic) bond motifs is 1. The van der Waals surface area contributed by atoms with Crippen molar-refractivity contribution in [3.63, 3.8) is 0 Å². The van der Waals surface area contributed by atoms with Gasteiger partial charge in [0.25, 0.3) is 5.91 Å². The summed E-state index contributed by atoms with van der Waals surface area (Å²) in [4.78, 5) is 31.5. The standard InChI is InChI=1S/C23H25FN4O2/c24-18-9-2-1-8-17(18)23(30)25-13-7-12-21-26-19-10-3-4-11-20(19)28(21)16-22(29)27-14-5-6-15-27/h1-4,8-11H,5-7,12-16H2,(H,25,30). The number of para-hydroxylation sites is 2. The van der Waals surface area contributed by atoms with Gasteiger partial charge in [-0.15, -0.1) is 0 Å². The molecule has 3 aromatic rings. The fraction of sp³-hybridized carbons (Fsp3) is 0.348. The van der Waals surface area contributed by atoms with Gasteiger partial charge in [-0.25, -0.2) is 9.37 Å². The predicted octanol–water partition coefficient (Wildman–Crippen LogP) is 3.16. The van der Waals surface area contributed by atoms with Crippen LogP contribution in [0.2, 0.25) is 0 Å². The van der Waals surface area contributed by atoms with Crippen molar-refractivity contribution in [2.45, 2.75) is 32.2 Å². The van der Waals surface area contributed by atoms with Crippen molar-refractivity contribution in [3.8, 4) is 0 Å². The number of hydrogen-bond acceptors (Lipinski definition) is 3. The molecule has 1 N–H and O–H groups in total. The Hall–Kier alpha value is -3.22. The molecule has 0 radical (unpaired) electrons. The third kappa shape index (κ3) is 4.35. The van der Waals surface area contributed by atoms with Crippen molar-refractivity contribution in [1.82, 2.24) is 19.8 Å². The monoisotopic (exact) mass is 408 g/mol. The van der Waals surface area contributed by atoms with Crippen LogP contribution in [-0.4, -0.2) is 45.9 Å². The van der Waals surface area contributed by atoms with E-state index in [9.17, 15) is 14.0 Å².